The highest BCUT2D eigenvalue weighted by Gasteiger charge is 2.40. The lowest BCUT2D eigenvalue weighted by molar-refractivity contribution is -0.114. The molecule has 3 aromatic rings. The summed E-state index contributed by atoms with van der Waals surface area (Å²) < 4.78 is 30.9. The normalized spacial score (nSPS) is 16.2. The molecule has 12 heteroatoms. The highest BCUT2D eigenvalue weighted by atomic mass is 32.2. The van der Waals surface area contributed by atoms with Crippen LogP contribution in [0.3, 0.4) is 0 Å². The van der Waals surface area contributed by atoms with Gasteiger partial charge in [-0.15, -0.1) is 0 Å². The van der Waals surface area contributed by atoms with E-state index in [0.29, 0.717) is 34.5 Å². The van der Waals surface area contributed by atoms with Crippen molar-refractivity contribution in [3.63, 3.8) is 0 Å². The molecule has 0 spiro atoms. The first-order valence-electron chi connectivity index (χ1n) is 11.7. The van der Waals surface area contributed by atoms with Crippen LogP contribution in [-0.2, 0) is 28.4 Å². The van der Waals surface area contributed by atoms with E-state index in [2.05, 4.69) is 27.0 Å². The van der Waals surface area contributed by atoms with E-state index in [1.165, 1.54) is 29.1 Å². The van der Waals surface area contributed by atoms with Crippen LogP contribution in [0.2, 0.25) is 0 Å². The SMILES string of the molecule is CC(=O)Nc1nc(C)c(-c2cc3c(c(NS(=O)(=O)c4cn(C)nc4C)c2)C(=O)N([C@@H](C)C2CC2)C3)s1. The summed E-state index contributed by atoms with van der Waals surface area (Å²) in [6, 6.07) is 3.69. The van der Waals surface area contributed by atoms with Gasteiger partial charge in [-0.3, -0.25) is 19.0 Å². The lowest BCUT2D eigenvalue weighted by Crippen LogP contribution is -2.34. The highest BCUT2D eigenvalue weighted by molar-refractivity contribution is 7.92. The largest absolute Gasteiger partial charge is 0.331 e. The molecule has 1 atom stereocenters. The van der Waals surface area contributed by atoms with Crippen LogP contribution in [0.15, 0.2) is 23.2 Å². The third kappa shape index (κ3) is 4.39. The van der Waals surface area contributed by atoms with Gasteiger partial charge in [0.25, 0.3) is 15.9 Å². The van der Waals surface area contributed by atoms with E-state index in [1.54, 1.807) is 20.0 Å². The van der Waals surface area contributed by atoms with Gasteiger partial charge in [-0.2, -0.15) is 5.10 Å². The minimum absolute atomic E-state index is 0.0553. The number of hydrogen-bond donors (Lipinski definition) is 2. The fraction of sp³-hybridized carbons (Fsp3) is 0.417. The number of carbonyl (C=O) groups excluding carboxylic acids is 2. The Kier molecular flexibility index (Phi) is 5.91. The van der Waals surface area contributed by atoms with Crippen LogP contribution in [0.1, 0.15) is 54.0 Å². The molecule has 190 valence electrons. The van der Waals surface area contributed by atoms with E-state index in [0.717, 1.165) is 28.8 Å². The number of nitrogens with zero attached hydrogens (tertiary/aromatic N) is 4. The second kappa shape index (κ2) is 8.70. The van der Waals surface area contributed by atoms with Crippen molar-refractivity contribution in [2.45, 2.75) is 58.0 Å². The van der Waals surface area contributed by atoms with Gasteiger partial charge in [-0.25, -0.2) is 13.4 Å². The number of carbonyl (C=O) groups is 2. The van der Waals surface area contributed by atoms with Crippen LogP contribution in [-0.4, -0.2) is 45.9 Å². The molecular weight excluding hydrogens is 500 g/mol. The molecule has 0 unspecified atom stereocenters. The lowest BCUT2D eigenvalue weighted by atomic mass is 10.0. The molecule has 0 bridgehead atoms. The number of aryl methyl sites for hydroxylation is 3. The van der Waals surface area contributed by atoms with Crippen molar-refractivity contribution in [2.24, 2.45) is 13.0 Å². The van der Waals surface area contributed by atoms with E-state index in [4.69, 9.17) is 0 Å². The first kappa shape index (κ1) is 24.4. The maximum absolute atomic E-state index is 13.5. The summed E-state index contributed by atoms with van der Waals surface area (Å²) in [4.78, 5) is 32.2. The topological polar surface area (TPSA) is 126 Å². The smallest absolute Gasteiger partial charge is 0.265 e. The Hall–Kier alpha value is -3.25. The average molecular weight is 529 g/mol. The number of anilines is 2. The molecule has 5 rings (SSSR count). The molecule has 10 nitrogen and oxygen atoms in total. The fourth-order valence-electron chi connectivity index (χ4n) is 4.76. The van der Waals surface area contributed by atoms with Crippen LogP contribution < -0.4 is 10.0 Å². The predicted octanol–water partition coefficient (Wildman–Crippen LogP) is 3.67. The van der Waals surface area contributed by atoms with E-state index < -0.39 is 10.0 Å². The summed E-state index contributed by atoms with van der Waals surface area (Å²) in [7, 11) is -2.35. The molecule has 0 saturated heterocycles. The van der Waals surface area contributed by atoms with Crippen LogP contribution >= 0.6 is 11.3 Å². The third-order valence-corrected chi connectivity index (χ3v) is 9.27. The summed E-state index contributed by atoms with van der Waals surface area (Å²) in [5.41, 5.74) is 3.17. The van der Waals surface area contributed by atoms with Crippen LogP contribution in [0.5, 0.6) is 0 Å². The van der Waals surface area contributed by atoms with Gasteiger partial charge in [-0.05, 0) is 62.8 Å². The number of sulfonamides is 1. The molecular formula is C24H28N6O4S2. The Balaban J connectivity index is 1.61. The van der Waals surface area contributed by atoms with Crippen molar-refractivity contribution in [3.8, 4) is 10.4 Å². The van der Waals surface area contributed by atoms with Gasteiger partial charge >= 0.3 is 0 Å². The zero-order chi connectivity index (χ0) is 25.9. The molecule has 1 aromatic carbocycles. The summed E-state index contributed by atoms with van der Waals surface area (Å²) in [5, 5.41) is 7.32. The Morgan fingerprint density at radius 1 is 1.22 bits per heavy atom. The van der Waals surface area contributed by atoms with Crippen LogP contribution in [0, 0.1) is 19.8 Å². The number of rotatable bonds is 7. The van der Waals surface area contributed by atoms with Crippen molar-refractivity contribution in [2.75, 3.05) is 10.0 Å². The molecule has 2 aliphatic rings. The Morgan fingerprint density at radius 2 is 1.94 bits per heavy atom. The van der Waals surface area contributed by atoms with Gasteiger partial charge in [0.2, 0.25) is 5.91 Å². The van der Waals surface area contributed by atoms with Crippen LogP contribution in [0.25, 0.3) is 10.4 Å². The molecule has 1 saturated carbocycles. The van der Waals surface area contributed by atoms with E-state index in [1.807, 2.05) is 17.9 Å². The number of aromatic nitrogens is 3. The van der Waals surface area contributed by atoms with Crippen molar-refractivity contribution in [1.82, 2.24) is 19.7 Å². The van der Waals surface area contributed by atoms with Crippen molar-refractivity contribution >= 4 is 44.0 Å². The number of fused-ring (bicyclic) bond motifs is 1. The van der Waals surface area contributed by atoms with Gasteiger partial charge in [-0.1, -0.05) is 11.3 Å². The molecule has 2 amide bonds. The fourth-order valence-corrected chi connectivity index (χ4v) is 7.04. The second-order valence-corrected chi connectivity index (χ2v) is 12.2. The standard InChI is InChI=1S/C24H28N6O4S2/c1-12-20(11-29(5)27-12)36(33,34)28-19-9-17(22-13(2)25-24(35-22)26-15(4)31)8-18-10-30(23(32)21(18)19)14(3)16-6-7-16/h8-9,11,14,16,28H,6-7,10H2,1-5H3,(H,25,26,31)/t14-/m0/s1. The van der Waals surface area contributed by atoms with Gasteiger partial charge in [0.1, 0.15) is 4.90 Å². The maximum Gasteiger partial charge on any atom is 0.265 e. The van der Waals surface area contributed by atoms with Gasteiger partial charge in [0.15, 0.2) is 5.13 Å². The molecule has 1 aliphatic carbocycles. The Bertz CT molecular complexity index is 1500. The molecule has 2 aromatic heterocycles. The van der Waals surface area contributed by atoms with E-state index in [-0.39, 0.29) is 28.4 Å². The number of hydrogen-bond acceptors (Lipinski definition) is 7. The molecule has 0 radical (unpaired) electrons. The number of amides is 2. The zero-order valence-corrected chi connectivity index (χ0v) is 22.4. The van der Waals surface area contributed by atoms with Crippen molar-refractivity contribution in [3.05, 3.63) is 40.8 Å². The first-order chi connectivity index (χ1) is 16.9. The second-order valence-electron chi connectivity index (χ2n) is 9.54. The third-order valence-electron chi connectivity index (χ3n) is 6.68. The quantitative estimate of drug-likeness (QED) is 0.482. The molecule has 3 heterocycles. The maximum atomic E-state index is 13.5. The van der Waals surface area contributed by atoms with Gasteiger partial charge < -0.3 is 10.2 Å². The number of thiazole rings is 1. The summed E-state index contributed by atoms with van der Waals surface area (Å²) >= 11 is 1.31. The van der Waals surface area contributed by atoms with Crippen molar-refractivity contribution in [1.29, 1.82) is 0 Å². The minimum Gasteiger partial charge on any atom is -0.331 e. The lowest BCUT2D eigenvalue weighted by Gasteiger charge is -2.24. The monoisotopic (exact) mass is 528 g/mol. The predicted molar refractivity (Wildman–Crippen MR) is 137 cm³/mol. The van der Waals surface area contributed by atoms with Crippen molar-refractivity contribution < 1.29 is 18.0 Å². The molecule has 1 aliphatic heterocycles. The molecule has 1 fully saturated rings. The van der Waals surface area contributed by atoms with E-state index >= 15 is 0 Å². The van der Waals surface area contributed by atoms with Gasteiger partial charge in [0, 0.05) is 32.8 Å². The summed E-state index contributed by atoms with van der Waals surface area (Å²) in [6.45, 7) is 7.35. The van der Waals surface area contributed by atoms with E-state index in [9.17, 15) is 18.0 Å². The van der Waals surface area contributed by atoms with Gasteiger partial charge in [0.05, 0.1) is 27.5 Å². The zero-order valence-electron chi connectivity index (χ0n) is 20.7. The Labute approximate surface area is 213 Å². The Morgan fingerprint density at radius 3 is 2.56 bits per heavy atom. The number of benzene rings is 1. The minimum atomic E-state index is -4.00. The highest BCUT2D eigenvalue weighted by Crippen LogP contribution is 2.43. The first-order valence-corrected chi connectivity index (χ1v) is 14.0. The molecule has 2 N–H and O–H groups in total. The molecule has 36 heavy (non-hydrogen) atoms. The number of nitrogens with one attached hydrogen (secondary N) is 2. The summed E-state index contributed by atoms with van der Waals surface area (Å²) in [6.07, 6.45) is 3.63. The summed E-state index contributed by atoms with van der Waals surface area (Å²) in [5.74, 6) is 0.0845. The van der Waals surface area contributed by atoms with Crippen LogP contribution in [0.4, 0.5) is 10.8 Å². The average Bonchev–Trinajstić information content (AvgIpc) is 3.37.